The van der Waals surface area contributed by atoms with Crippen LogP contribution in [0, 0.1) is 17.7 Å². The first kappa shape index (κ1) is 45.4. The summed E-state index contributed by atoms with van der Waals surface area (Å²) in [5.41, 5.74) is 4.58. The van der Waals surface area contributed by atoms with Gasteiger partial charge < -0.3 is 24.6 Å². The van der Waals surface area contributed by atoms with E-state index in [9.17, 15) is 28.4 Å². The number of halogens is 2. The third kappa shape index (κ3) is 10.5. The number of aromatic nitrogens is 3. The standard InChI is InChI=1S/C38H40ClFN6O4.C11H17N3O/c1-43(2)37(49)32-22-29-28(8-10-31(40)35(29)41-32)25-3-6-27(7-4-25)44-16-11-23(12-17-44)24-13-18-45(19-14-24)36(48)26-5-9-30(39)33(21-26)46-20-15-34(47)42-38(46)50;15-11(13-7-2-1-3-8-13)5-10-14-9-4-6-12-14/h3-10,21-24,41H,11-20H2,1-2H3,(H,42,47,50);4,6,9H,1-3,5,7-8,10H2. The molecule has 6 amide bonds. The van der Waals surface area contributed by atoms with Gasteiger partial charge in [0.05, 0.1) is 16.2 Å². The third-order valence-electron chi connectivity index (χ3n) is 13.3. The largest absolute Gasteiger partial charge is 0.372 e. The third-order valence-corrected chi connectivity index (χ3v) is 13.6. The maximum absolute atomic E-state index is 14.7. The number of hydrogen-bond acceptors (Lipinski definition) is 7. The molecule has 4 saturated heterocycles. The summed E-state index contributed by atoms with van der Waals surface area (Å²) in [7, 11) is 3.34. The van der Waals surface area contributed by atoms with Crippen LogP contribution in [0.4, 0.5) is 20.6 Å². The van der Waals surface area contributed by atoms with Crippen LogP contribution in [-0.2, 0) is 16.1 Å². The molecule has 9 rings (SSSR count). The number of nitrogens with zero attached hydrogens (tertiary/aromatic N) is 7. The predicted molar refractivity (Wildman–Crippen MR) is 250 cm³/mol. The van der Waals surface area contributed by atoms with Crippen LogP contribution in [0.5, 0.6) is 0 Å². The van der Waals surface area contributed by atoms with E-state index in [-0.39, 0.29) is 42.4 Å². The van der Waals surface area contributed by atoms with Crippen LogP contribution >= 0.6 is 11.6 Å². The van der Waals surface area contributed by atoms with E-state index in [1.807, 2.05) is 26.7 Å². The van der Waals surface area contributed by atoms with Gasteiger partial charge in [-0.15, -0.1) is 0 Å². The molecule has 16 heteroatoms. The van der Waals surface area contributed by atoms with Crippen molar-refractivity contribution in [1.29, 1.82) is 0 Å². The Morgan fingerprint density at radius 1 is 0.831 bits per heavy atom. The number of fused-ring (bicyclic) bond motifs is 1. The van der Waals surface area contributed by atoms with Gasteiger partial charge in [-0.25, -0.2) is 9.18 Å². The number of amides is 6. The molecule has 4 aliphatic heterocycles. The summed E-state index contributed by atoms with van der Waals surface area (Å²) in [6.45, 7) is 6.09. The zero-order chi connectivity index (χ0) is 45.6. The minimum absolute atomic E-state index is 0.0755. The molecule has 2 N–H and O–H groups in total. The fourth-order valence-corrected chi connectivity index (χ4v) is 9.84. The first-order valence-corrected chi connectivity index (χ1v) is 23.1. The van der Waals surface area contributed by atoms with Gasteiger partial charge in [-0.1, -0.05) is 29.8 Å². The van der Waals surface area contributed by atoms with Crippen molar-refractivity contribution in [2.75, 3.05) is 69.7 Å². The second kappa shape index (κ2) is 20.3. The van der Waals surface area contributed by atoms with E-state index in [1.165, 1.54) is 22.3 Å². The number of carbonyl (C=O) groups excluding carboxylic acids is 5. The van der Waals surface area contributed by atoms with Crippen molar-refractivity contribution in [2.24, 2.45) is 11.8 Å². The fraction of sp³-hybridized carbons (Fsp3) is 0.429. The van der Waals surface area contributed by atoms with Gasteiger partial charge in [0.25, 0.3) is 11.8 Å². The zero-order valence-electron chi connectivity index (χ0n) is 37.1. The number of carbonyl (C=O) groups is 5. The highest BCUT2D eigenvalue weighted by atomic mass is 35.5. The SMILES string of the molecule is CN(C)C(=O)c1cc2c(-c3ccc(N4CCC(C5CCN(C(=O)c6ccc(Cl)c(N7CCC(=O)NC7=O)c6)CC5)CC4)cc3)ccc(F)c2[nH]1.O=C(CCn1cccn1)N1CCCCC1. The molecule has 0 aliphatic carbocycles. The van der Waals surface area contributed by atoms with Crippen molar-refractivity contribution in [3.05, 3.63) is 101 Å². The highest BCUT2D eigenvalue weighted by molar-refractivity contribution is 6.34. The number of benzene rings is 3. The quantitative estimate of drug-likeness (QED) is 0.153. The summed E-state index contributed by atoms with van der Waals surface area (Å²) in [6.07, 6.45) is 12.1. The van der Waals surface area contributed by atoms with Crippen molar-refractivity contribution < 1.29 is 28.4 Å². The van der Waals surface area contributed by atoms with Crippen LogP contribution in [0.2, 0.25) is 5.02 Å². The van der Waals surface area contributed by atoms with E-state index in [2.05, 4.69) is 44.6 Å². The summed E-state index contributed by atoms with van der Waals surface area (Å²) in [5, 5.41) is 7.42. The lowest BCUT2D eigenvalue weighted by molar-refractivity contribution is -0.132. The lowest BCUT2D eigenvalue weighted by Crippen LogP contribution is -2.49. The van der Waals surface area contributed by atoms with Crippen LogP contribution in [0.3, 0.4) is 0 Å². The molecule has 0 radical (unpaired) electrons. The highest BCUT2D eigenvalue weighted by Crippen LogP contribution is 2.37. The average molecular weight is 907 g/mol. The van der Waals surface area contributed by atoms with Gasteiger partial charge in [0.1, 0.15) is 11.5 Å². The minimum Gasteiger partial charge on any atom is -0.372 e. The highest BCUT2D eigenvalue weighted by Gasteiger charge is 2.32. The Balaban J connectivity index is 0.000000324. The van der Waals surface area contributed by atoms with Gasteiger partial charge >= 0.3 is 6.03 Å². The van der Waals surface area contributed by atoms with Crippen molar-refractivity contribution >= 4 is 63.5 Å². The van der Waals surface area contributed by atoms with Gasteiger partial charge in [0.2, 0.25) is 11.8 Å². The molecule has 6 heterocycles. The minimum atomic E-state index is -0.533. The van der Waals surface area contributed by atoms with E-state index in [1.54, 1.807) is 50.6 Å². The van der Waals surface area contributed by atoms with Crippen molar-refractivity contribution in [1.82, 2.24) is 34.8 Å². The van der Waals surface area contributed by atoms with Crippen molar-refractivity contribution in [3.63, 3.8) is 0 Å². The molecule has 5 aromatic rings. The Morgan fingerprint density at radius 2 is 1.54 bits per heavy atom. The Bertz CT molecular complexity index is 2500. The van der Waals surface area contributed by atoms with Crippen LogP contribution < -0.4 is 15.1 Å². The molecule has 0 bridgehead atoms. The lowest BCUT2D eigenvalue weighted by atomic mass is 9.78. The van der Waals surface area contributed by atoms with Crippen LogP contribution in [0.25, 0.3) is 22.0 Å². The van der Waals surface area contributed by atoms with Crippen molar-refractivity contribution in [2.45, 2.75) is 64.3 Å². The Kier molecular flexibility index (Phi) is 14.2. The monoisotopic (exact) mass is 905 g/mol. The Morgan fingerprint density at radius 3 is 2.20 bits per heavy atom. The number of aromatic amines is 1. The first-order valence-electron chi connectivity index (χ1n) is 22.8. The first-order chi connectivity index (χ1) is 31.4. The van der Waals surface area contributed by atoms with E-state index in [0.717, 1.165) is 81.5 Å². The second-order valence-electron chi connectivity index (χ2n) is 17.6. The molecule has 342 valence electrons. The molecule has 0 unspecified atom stereocenters. The molecule has 4 aliphatic rings. The molecule has 3 aromatic carbocycles. The summed E-state index contributed by atoms with van der Waals surface area (Å²) < 4.78 is 16.5. The van der Waals surface area contributed by atoms with Crippen LogP contribution in [0.1, 0.15) is 78.6 Å². The van der Waals surface area contributed by atoms with E-state index < -0.39 is 6.03 Å². The molecule has 2 aromatic heterocycles. The van der Waals surface area contributed by atoms with Crippen LogP contribution in [-0.4, -0.2) is 119 Å². The van der Waals surface area contributed by atoms with Gasteiger partial charge in [-0.05, 0) is 116 Å². The summed E-state index contributed by atoms with van der Waals surface area (Å²) in [4.78, 5) is 73.9. The number of nitrogens with one attached hydrogen (secondary N) is 2. The predicted octanol–water partition coefficient (Wildman–Crippen LogP) is 7.83. The molecule has 0 atom stereocenters. The maximum atomic E-state index is 14.7. The van der Waals surface area contributed by atoms with Gasteiger partial charge in [0.15, 0.2) is 0 Å². The number of piperidine rings is 3. The van der Waals surface area contributed by atoms with E-state index >= 15 is 0 Å². The molecule has 65 heavy (non-hydrogen) atoms. The lowest BCUT2D eigenvalue weighted by Gasteiger charge is -2.41. The number of anilines is 2. The van der Waals surface area contributed by atoms with Gasteiger partial charge in [-0.3, -0.25) is 34.1 Å². The second-order valence-corrected chi connectivity index (χ2v) is 18.1. The van der Waals surface area contributed by atoms with Crippen molar-refractivity contribution in [3.8, 4) is 11.1 Å². The molecule has 14 nitrogen and oxygen atoms in total. The topological polar surface area (TPSA) is 147 Å². The smallest absolute Gasteiger partial charge is 0.328 e. The van der Waals surface area contributed by atoms with Crippen LogP contribution in [0.15, 0.2) is 79.1 Å². The number of hydrogen-bond donors (Lipinski definition) is 2. The van der Waals surface area contributed by atoms with Gasteiger partial charge in [-0.2, -0.15) is 5.10 Å². The zero-order valence-corrected chi connectivity index (χ0v) is 37.9. The number of imide groups is 1. The summed E-state index contributed by atoms with van der Waals surface area (Å²) >= 11 is 6.39. The molecule has 0 spiro atoms. The number of rotatable bonds is 9. The maximum Gasteiger partial charge on any atom is 0.328 e. The molecule has 0 saturated carbocycles. The molecular formula is C49H57ClFN9O5. The van der Waals surface area contributed by atoms with E-state index in [0.29, 0.717) is 70.8 Å². The van der Waals surface area contributed by atoms with Gasteiger partial charge in [0, 0.05) is 108 Å². The molecular weight excluding hydrogens is 849 g/mol. The number of H-pyrrole nitrogens is 1. The molecule has 4 fully saturated rings. The normalized spacial score (nSPS) is 17.5. The number of urea groups is 1. The Hall–Kier alpha value is -6.22. The Labute approximate surface area is 383 Å². The number of aryl methyl sites for hydroxylation is 1. The fourth-order valence-electron chi connectivity index (χ4n) is 9.62. The average Bonchev–Trinajstić information content (AvgIpc) is 4.03. The summed E-state index contributed by atoms with van der Waals surface area (Å²) in [5.74, 6) is 0.436. The van der Waals surface area contributed by atoms with E-state index in [4.69, 9.17) is 11.6 Å². The number of likely N-dealkylation sites (tertiary alicyclic amines) is 2. The summed E-state index contributed by atoms with van der Waals surface area (Å²) in [6, 6.07) is 19.6.